The first-order valence-corrected chi connectivity index (χ1v) is 5.00. The summed E-state index contributed by atoms with van der Waals surface area (Å²) in [5.74, 6) is 0. The first kappa shape index (κ1) is 15.7. The summed E-state index contributed by atoms with van der Waals surface area (Å²) < 4.78 is 0. The first-order valence-electron chi connectivity index (χ1n) is 5.00. The summed E-state index contributed by atoms with van der Waals surface area (Å²) in [6.45, 7) is 12.1. The Labute approximate surface area is 90.3 Å². The first-order chi connectivity index (χ1) is 5.49. The highest BCUT2D eigenvalue weighted by atomic mass is 32.1. The molecule has 0 fully saturated rings. The highest BCUT2D eigenvalue weighted by Crippen LogP contribution is 2.06. The summed E-state index contributed by atoms with van der Waals surface area (Å²) in [7, 11) is 0. The molecule has 0 radical (unpaired) electrons. The van der Waals surface area contributed by atoms with Crippen molar-refractivity contribution in [2.75, 3.05) is 6.54 Å². The van der Waals surface area contributed by atoms with E-state index in [0.717, 1.165) is 13.0 Å². The Morgan fingerprint density at radius 1 is 1.08 bits per heavy atom. The van der Waals surface area contributed by atoms with Gasteiger partial charge in [0.05, 0.1) is 0 Å². The molecule has 13 heavy (non-hydrogen) atoms. The maximum atomic E-state index is 5.91. The van der Waals surface area contributed by atoms with Gasteiger partial charge in [-0.2, -0.15) is 13.5 Å². The summed E-state index contributed by atoms with van der Waals surface area (Å²) in [6.07, 6.45) is 1.07. The Hall–Kier alpha value is 0.270. The lowest BCUT2D eigenvalue weighted by Crippen LogP contribution is -2.44. The van der Waals surface area contributed by atoms with Crippen LogP contribution in [0.25, 0.3) is 0 Å². The largest absolute Gasteiger partial charge is 0.327 e. The van der Waals surface area contributed by atoms with E-state index < -0.39 is 0 Å². The van der Waals surface area contributed by atoms with E-state index in [1.54, 1.807) is 0 Å². The van der Waals surface area contributed by atoms with E-state index in [1.165, 1.54) is 0 Å². The fourth-order valence-electron chi connectivity index (χ4n) is 1.42. The van der Waals surface area contributed by atoms with Gasteiger partial charge in [-0.3, -0.25) is 4.90 Å². The van der Waals surface area contributed by atoms with Gasteiger partial charge in [0.25, 0.3) is 0 Å². The molecule has 0 aliphatic rings. The summed E-state index contributed by atoms with van der Waals surface area (Å²) in [5.41, 5.74) is 5.91. The minimum absolute atomic E-state index is 0. The maximum absolute atomic E-state index is 5.91. The second kappa shape index (κ2) is 7.65. The molecule has 82 valence electrons. The fourth-order valence-corrected chi connectivity index (χ4v) is 1.42. The van der Waals surface area contributed by atoms with Crippen LogP contribution in [-0.2, 0) is 0 Å². The monoisotopic (exact) mass is 206 g/mol. The van der Waals surface area contributed by atoms with Gasteiger partial charge >= 0.3 is 0 Å². The predicted molar refractivity (Wildman–Crippen MR) is 65.6 cm³/mol. The Morgan fingerprint density at radius 2 is 1.46 bits per heavy atom. The van der Waals surface area contributed by atoms with E-state index in [0.29, 0.717) is 18.1 Å². The summed E-state index contributed by atoms with van der Waals surface area (Å²) in [4.78, 5) is 2.44. The highest BCUT2D eigenvalue weighted by molar-refractivity contribution is 7.59. The molecular weight excluding hydrogens is 180 g/mol. The van der Waals surface area contributed by atoms with Crippen molar-refractivity contribution in [1.82, 2.24) is 4.90 Å². The lowest BCUT2D eigenvalue weighted by molar-refractivity contribution is 0.163. The average Bonchev–Trinajstić information content (AvgIpc) is 1.98. The van der Waals surface area contributed by atoms with Gasteiger partial charge in [0.2, 0.25) is 0 Å². The van der Waals surface area contributed by atoms with Crippen LogP contribution >= 0.6 is 13.5 Å². The van der Waals surface area contributed by atoms with E-state index in [2.05, 4.69) is 39.5 Å². The maximum Gasteiger partial charge on any atom is 0.0165 e. The third kappa shape index (κ3) is 6.36. The fraction of sp³-hybridized carbons (Fsp3) is 1.00. The quantitative estimate of drug-likeness (QED) is 0.745. The van der Waals surface area contributed by atoms with Crippen molar-refractivity contribution in [3.8, 4) is 0 Å². The standard InChI is InChI=1S/C10H24N2.H2S/c1-6-10(11)7-12(8(2)3)9(4)5;/h8-10H,6-7,11H2,1-5H3;1H2/t10-;/m0./s1. The third-order valence-corrected chi connectivity index (χ3v) is 2.30. The molecule has 1 atom stereocenters. The van der Waals surface area contributed by atoms with Crippen LogP contribution in [0.15, 0.2) is 0 Å². The molecule has 0 spiro atoms. The van der Waals surface area contributed by atoms with Gasteiger partial charge in [0.15, 0.2) is 0 Å². The van der Waals surface area contributed by atoms with Gasteiger partial charge in [0, 0.05) is 24.7 Å². The van der Waals surface area contributed by atoms with Gasteiger partial charge < -0.3 is 5.73 Å². The lowest BCUT2D eigenvalue weighted by atomic mass is 10.1. The third-order valence-electron chi connectivity index (χ3n) is 2.30. The molecule has 0 heterocycles. The second-order valence-electron chi connectivity index (χ2n) is 4.05. The minimum atomic E-state index is 0. The van der Waals surface area contributed by atoms with Crippen LogP contribution in [0, 0.1) is 0 Å². The van der Waals surface area contributed by atoms with Crippen molar-refractivity contribution in [3.63, 3.8) is 0 Å². The van der Waals surface area contributed by atoms with Crippen molar-refractivity contribution < 1.29 is 0 Å². The molecule has 0 unspecified atom stereocenters. The molecule has 0 bridgehead atoms. The van der Waals surface area contributed by atoms with Gasteiger partial charge in [-0.1, -0.05) is 6.92 Å². The molecule has 0 aliphatic heterocycles. The molecule has 0 amide bonds. The average molecular weight is 206 g/mol. The van der Waals surface area contributed by atoms with E-state index in [4.69, 9.17) is 5.73 Å². The molecule has 0 saturated carbocycles. The van der Waals surface area contributed by atoms with Crippen molar-refractivity contribution in [3.05, 3.63) is 0 Å². The molecular formula is C10H26N2S. The van der Waals surface area contributed by atoms with Crippen LogP contribution in [-0.4, -0.2) is 29.6 Å². The molecule has 0 rings (SSSR count). The Kier molecular flexibility index (Phi) is 9.26. The van der Waals surface area contributed by atoms with E-state index in [1.807, 2.05) is 0 Å². The number of nitrogens with two attached hydrogens (primary N) is 1. The normalized spacial score (nSPS) is 13.6. The smallest absolute Gasteiger partial charge is 0.0165 e. The van der Waals surface area contributed by atoms with Crippen LogP contribution in [0.3, 0.4) is 0 Å². The topological polar surface area (TPSA) is 29.3 Å². The molecule has 0 saturated heterocycles. The number of hydrogen-bond donors (Lipinski definition) is 1. The zero-order chi connectivity index (χ0) is 9.72. The molecule has 0 aliphatic carbocycles. The van der Waals surface area contributed by atoms with Crippen molar-refractivity contribution >= 4 is 13.5 Å². The van der Waals surface area contributed by atoms with Crippen LogP contribution in [0.2, 0.25) is 0 Å². The van der Waals surface area contributed by atoms with Gasteiger partial charge in [-0.25, -0.2) is 0 Å². The second-order valence-corrected chi connectivity index (χ2v) is 4.05. The SMILES string of the molecule is CC[C@H](N)CN(C(C)C)C(C)C.S. The summed E-state index contributed by atoms with van der Waals surface area (Å²) in [5, 5.41) is 0. The van der Waals surface area contributed by atoms with Crippen LogP contribution in [0.1, 0.15) is 41.0 Å². The zero-order valence-electron chi connectivity index (χ0n) is 9.67. The van der Waals surface area contributed by atoms with Crippen molar-refractivity contribution in [2.45, 2.75) is 59.2 Å². The molecule has 0 aromatic heterocycles. The number of rotatable bonds is 5. The van der Waals surface area contributed by atoms with E-state index in [9.17, 15) is 0 Å². The summed E-state index contributed by atoms with van der Waals surface area (Å²) >= 11 is 0. The van der Waals surface area contributed by atoms with E-state index >= 15 is 0 Å². The van der Waals surface area contributed by atoms with E-state index in [-0.39, 0.29) is 13.5 Å². The van der Waals surface area contributed by atoms with Crippen LogP contribution in [0.4, 0.5) is 0 Å². The zero-order valence-corrected chi connectivity index (χ0v) is 10.7. The Balaban J connectivity index is 0. The number of nitrogens with zero attached hydrogens (tertiary/aromatic N) is 1. The highest BCUT2D eigenvalue weighted by Gasteiger charge is 2.15. The predicted octanol–water partition coefficient (Wildman–Crippen LogP) is 1.96. The van der Waals surface area contributed by atoms with Gasteiger partial charge in [0.1, 0.15) is 0 Å². The molecule has 2 N–H and O–H groups in total. The molecule has 0 aromatic carbocycles. The van der Waals surface area contributed by atoms with Gasteiger partial charge in [-0.05, 0) is 34.1 Å². The Bertz CT molecular complexity index is 107. The van der Waals surface area contributed by atoms with Gasteiger partial charge in [-0.15, -0.1) is 0 Å². The van der Waals surface area contributed by atoms with Crippen molar-refractivity contribution in [1.29, 1.82) is 0 Å². The molecule has 2 nitrogen and oxygen atoms in total. The lowest BCUT2D eigenvalue weighted by Gasteiger charge is -2.32. The van der Waals surface area contributed by atoms with Crippen LogP contribution < -0.4 is 5.73 Å². The summed E-state index contributed by atoms with van der Waals surface area (Å²) in [6, 6.07) is 1.53. The molecule has 3 heteroatoms. The van der Waals surface area contributed by atoms with Crippen LogP contribution in [0.5, 0.6) is 0 Å². The number of hydrogen-bond acceptors (Lipinski definition) is 2. The Morgan fingerprint density at radius 3 is 1.69 bits per heavy atom. The molecule has 0 aromatic rings. The van der Waals surface area contributed by atoms with Crippen molar-refractivity contribution in [2.24, 2.45) is 5.73 Å². The minimum Gasteiger partial charge on any atom is -0.327 e.